The number of ether oxygens (including phenoxy) is 1. The van der Waals surface area contributed by atoms with Crippen LogP contribution >= 0.6 is 0 Å². The standard InChI is InChI=1S/C23H20N2O5S/c1-29-15-17-3-2-4-20(11-17)31(27,28)19-7-5-16(6-8-19)13-25-23(26)21-12-18-9-10-24-14-22(18)30-21/h2-12,14H,13,15H2,1H3,(H,25,26). The number of sulfone groups is 1. The van der Waals surface area contributed by atoms with Gasteiger partial charge in [-0.3, -0.25) is 9.78 Å². The summed E-state index contributed by atoms with van der Waals surface area (Å²) in [7, 11) is -2.09. The molecule has 8 heteroatoms. The number of methoxy groups -OCH3 is 1. The predicted octanol–water partition coefficient (Wildman–Crippen LogP) is 3.74. The maximum absolute atomic E-state index is 12.9. The van der Waals surface area contributed by atoms with Gasteiger partial charge in [-0.1, -0.05) is 24.3 Å². The molecular formula is C23H20N2O5S. The topological polar surface area (TPSA) is 98.5 Å². The van der Waals surface area contributed by atoms with Crippen LogP contribution in [0, 0.1) is 0 Å². The number of pyridine rings is 1. The normalized spacial score (nSPS) is 11.5. The Labute approximate surface area is 179 Å². The van der Waals surface area contributed by atoms with Gasteiger partial charge in [0, 0.05) is 25.2 Å². The molecular weight excluding hydrogens is 416 g/mol. The Balaban J connectivity index is 1.45. The maximum atomic E-state index is 12.9. The van der Waals surface area contributed by atoms with E-state index < -0.39 is 9.84 Å². The van der Waals surface area contributed by atoms with Gasteiger partial charge in [-0.25, -0.2) is 8.42 Å². The summed E-state index contributed by atoms with van der Waals surface area (Å²) in [6.45, 7) is 0.571. The molecule has 0 unspecified atom stereocenters. The fraction of sp³-hybridized carbons (Fsp3) is 0.130. The molecule has 0 bridgehead atoms. The first-order chi connectivity index (χ1) is 15.0. The molecule has 7 nitrogen and oxygen atoms in total. The Bertz CT molecular complexity index is 1290. The number of carbonyl (C=O) groups excluding carboxylic acids is 1. The lowest BCUT2D eigenvalue weighted by molar-refractivity contribution is 0.0925. The van der Waals surface area contributed by atoms with E-state index in [2.05, 4.69) is 10.3 Å². The average molecular weight is 436 g/mol. The number of furan rings is 1. The number of hydrogen-bond donors (Lipinski definition) is 1. The minimum Gasteiger partial charge on any atom is -0.449 e. The number of benzene rings is 2. The van der Waals surface area contributed by atoms with Crippen LogP contribution in [0.2, 0.25) is 0 Å². The van der Waals surface area contributed by atoms with Crippen molar-refractivity contribution in [3.05, 3.63) is 89.9 Å². The van der Waals surface area contributed by atoms with Crippen molar-refractivity contribution in [2.75, 3.05) is 7.11 Å². The van der Waals surface area contributed by atoms with Crippen LogP contribution in [0.5, 0.6) is 0 Å². The zero-order chi connectivity index (χ0) is 21.8. The fourth-order valence-corrected chi connectivity index (χ4v) is 4.49. The molecule has 0 aliphatic rings. The lowest BCUT2D eigenvalue weighted by Gasteiger charge is -2.08. The summed E-state index contributed by atoms with van der Waals surface area (Å²) in [4.78, 5) is 16.7. The van der Waals surface area contributed by atoms with Gasteiger partial charge < -0.3 is 14.5 Å². The summed E-state index contributed by atoms with van der Waals surface area (Å²) >= 11 is 0. The highest BCUT2D eigenvalue weighted by atomic mass is 32.2. The summed E-state index contributed by atoms with van der Waals surface area (Å²) in [5, 5.41) is 3.57. The minimum absolute atomic E-state index is 0.182. The van der Waals surface area contributed by atoms with Crippen LogP contribution in [0.1, 0.15) is 21.7 Å². The second-order valence-corrected chi connectivity index (χ2v) is 8.88. The highest BCUT2D eigenvalue weighted by Crippen LogP contribution is 2.23. The number of fused-ring (bicyclic) bond motifs is 1. The molecule has 4 aromatic rings. The van der Waals surface area contributed by atoms with E-state index in [0.29, 0.717) is 12.2 Å². The largest absolute Gasteiger partial charge is 0.449 e. The van der Waals surface area contributed by atoms with E-state index in [0.717, 1.165) is 16.5 Å². The van der Waals surface area contributed by atoms with Crippen molar-refractivity contribution in [1.82, 2.24) is 10.3 Å². The quantitative estimate of drug-likeness (QED) is 0.474. The number of rotatable bonds is 7. The van der Waals surface area contributed by atoms with Gasteiger partial charge in [-0.2, -0.15) is 0 Å². The van der Waals surface area contributed by atoms with Gasteiger partial charge in [0.25, 0.3) is 5.91 Å². The van der Waals surface area contributed by atoms with Gasteiger partial charge in [0.1, 0.15) is 0 Å². The third kappa shape index (κ3) is 4.50. The molecule has 0 saturated carbocycles. The van der Waals surface area contributed by atoms with E-state index in [4.69, 9.17) is 9.15 Å². The van der Waals surface area contributed by atoms with Gasteiger partial charge in [0.15, 0.2) is 11.3 Å². The lowest BCUT2D eigenvalue weighted by Crippen LogP contribution is -2.22. The average Bonchev–Trinajstić information content (AvgIpc) is 3.23. The second-order valence-electron chi connectivity index (χ2n) is 6.93. The predicted molar refractivity (Wildman–Crippen MR) is 114 cm³/mol. The van der Waals surface area contributed by atoms with E-state index >= 15 is 0 Å². The second kappa shape index (κ2) is 8.71. The number of hydrogen-bond acceptors (Lipinski definition) is 6. The molecule has 31 heavy (non-hydrogen) atoms. The molecule has 0 atom stereocenters. The summed E-state index contributed by atoms with van der Waals surface area (Å²) in [5.74, 6) is -0.166. The first kappa shape index (κ1) is 20.8. The number of aromatic nitrogens is 1. The highest BCUT2D eigenvalue weighted by Gasteiger charge is 2.18. The zero-order valence-corrected chi connectivity index (χ0v) is 17.6. The Morgan fingerprint density at radius 2 is 1.84 bits per heavy atom. The third-order valence-electron chi connectivity index (χ3n) is 4.75. The van der Waals surface area contributed by atoms with Crippen molar-refractivity contribution in [2.24, 2.45) is 0 Å². The Hall–Kier alpha value is -3.49. The Morgan fingerprint density at radius 3 is 2.58 bits per heavy atom. The minimum atomic E-state index is -3.65. The van der Waals surface area contributed by atoms with Crippen LogP contribution in [-0.4, -0.2) is 26.4 Å². The molecule has 2 heterocycles. The zero-order valence-electron chi connectivity index (χ0n) is 16.7. The van der Waals surface area contributed by atoms with Crippen LogP contribution < -0.4 is 5.32 Å². The number of amides is 1. The molecule has 0 aliphatic heterocycles. The molecule has 0 radical (unpaired) electrons. The van der Waals surface area contributed by atoms with Crippen molar-refractivity contribution in [3.63, 3.8) is 0 Å². The van der Waals surface area contributed by atoms with Crippen LogP contribution in [0.25, 0.3) is 11.0 Å². The maximum Gasteiger partial charge on any atom is 0.287 e. The molecule has 1 amide bonds. The van der Waals surface area contributed by atoms with Crippen molar-refractivity contribution >= 4 is 26.7 Å². The van der Waals surface area contributed by atoms with E-state index in [1.807, 2.05) is 6.07 Å². The van der Waals surface area contributed by atoms with Gasteiger partial charge in [0.05, 0.1) is 22.6 Å². The molecule has 4 rings (SSSR count). The summed E-state index contributed by atoms with van der Waals surface area (Å²) in [5.41, 5.74) is 2.08. The van der Waals surface area contributed by atoms with Crippen LogP contribution in [-0.2, 0) is 27.7 Å². The smallest absolute Gasteiger partial charge is 0.287 e. The number of nitrogens with zero attached hydrogens (tertiary/aromatic N) is 1. The molecule has 158 valence electrons. The highest BCUT2D eigenvalue weighted by molar-refractivity contribution is 7.91. The van der Waals surface area contributed by atoms with Crippen molar-refractivity contribution in [3.8, 4) is 0 Å². The first-order valence-electron chi connectivity index (χ1n) is 9.51. The summed E-state index contributed by atoms with van der Waals surface area (Å²) < 4.78 is 36.4. The molecule has 0 spiro atoms. The van der Waals surface area contributed by atoms with E-state index in [1.54, 1.807) is 62.0 Å². The molecule has 2 aromatic carbocycles. The third-order valence-corrected chi connectivity index (χ3v) is 6.52. The first-order valence-corrected chi connectivity index (χ1v) is 11.0. The van der Waals surface area contributed by atoms with Crippen LogP contribution in [0.4, 0.5) is 0 Å². The molecule has 1 N–H and O–H groups in total. The molecule has 2 aromatic heterocycles. The Morgan fingerprint density at radius 1 is 1.03 bits per heavy atom. The monoisotopic (exact) mass is 436 g/mol. The summed E-state index contributed by atoms with van der Waals surface area (Å²) in [6.07, 6.45) is 3.18. The van der Waals surface area contributed by atoms with Crippen molar-refractivity contribution in [1.29, 1.82) is 0 Å². The Kier molecular flexibility index (Phi) is 5.83. The summed E-state index contributed by atoms with van der Waals surface area (Å²) in [6, 6.07) is 16.5. The van der Waals surface area contributed by atoms with E-state index in [1.165, 1.54) is 12.1 Å². The van der Waals surface area contributed by atoms with Crippen molar-refractivity contribution < 1.29 is 22.4 Å². The van der Waals surface area contributed by atoms with Crippen LogP contribution in [0.15, 0.2) is 87.3 Å². The van der Waals surface area contributed by atoms with Crippen molar-refractivity contribution in [2.45, 2.75) is 22.9 Å². The number of carbonyl (C=O) groups is 1. The van der Waals surface area contributed by atoms with Gasteiger partial charge in [0.2, 0.25) is 9.84 Å². The molecule has 0 aliphatic carbocycles. The SMILES string of the molecule is COCc1cccc(S(=O)(=O)c2ccc(CNC(=O)c3cc4ccncc4o3)cc2)c1. The van der Waals surface area contributed by atoms with Gasteiger partial charge in [-0.05, 0) is 47.5 Å². The van der Waals surface area contributed by atoms with Gasteiger partial charge in [-0.15, -0.1) is 0 Å². The molecule has 0 fully saturated rings. The van der Waals surface area contributed by atoms with E-state index in [9.17, 15) is 13.2 Å². The number of nitrogens with one attached hydrogen (secondary N) is 1. The lowest BCUT2D eigenvalue weighted by atomic mass is 10.2. The van der Waals surface area contributed by atoms with Crippen LogP contribution in [0.3, 0.4) is 0 Å². The fourth-order valence-electron chi connectivity index (χ4n) is 3.16. The van der Waals surface area contributed by atoms with E-state index in [-0.39, 0.29) is 28.0 Å². The van der Waals surface area contributed by atoms with Gasteiger partial charge >= 0.3 is 0 Å². The molecule has 0 saturated heterocycles.